The molecule has 0 saturated carbocycles. The molecule has 0 spiro atoms. The Kier molecular flexibility index (Phi) is 3.08. The Morgan fingerprint density at radius 2 is 1.55 bits per heavy atom. The molecule has 1 heteroatoms. The molecular formula is C19H21N. The molecule has 1 nitrogen and oxygen atoms in total. The first kappa shape index (κ1) is 12.2. The lowest BCUT2D eigenvalue weighted by Gasteiger charge is -2.33. The maximum absolute atomic E-state index is 2.70. The average Bonchev–Trinajstić information content (AvgIpc) is 2.88. The van der Waals surface area contributed by atoms with Crippen LogP contribution in [0.25, 0.3) is 0 Å². The lowest BCUT2D eigenvalue weighted by molar-refractivity contribution is 0.208. The predicted molar refractivity (Wildman–Crippen MR) is 82.6 cm³/mol. The topological polar surface area (TPSA) is 3.24 Å². The summed E-state index contributed by atoms with van der Waals surface area (Å²) in [5.41, 5.74) is 4.62. The monoisotopic (exact) mass is 263 g/mol. The van der Waals surface area contributed by atoms with Gasteiger partial charge in [0.2, 0.25) is 0 Å². The van der Waals surface area contributed by atoms with Crippen molar-refractivity contribution >= 4 is 0 Å². The SMILES string of the molecule is c1ccc(CN2CC[C@H]3Cc4ccccc4C[C@H]32)cc1. The van der Waals surface area contributed by atoms with Crippen molar-refractivity contribution in [1.29, 1.82) is 0 Å². The zero-order valence-corrected chi connectivity index (χ0v) is 11.8. The second kappa shape index (κ2) is 5.06. The van der Waals surface area contributed by atoms with Crippen molar-refractivity contribution in [2.45, 2.75) is 31.8 Å². The first-order valence-corrected chi connectivity index (χ1v) is 7.75. The summed E-state index contributed by atoms with van der Waals surface area (Å²) in [6, 6.07) is 20.7. The third kappa shape index (κ3) is 2.16. The molecule has 1 aliphatic heterocycles. The normalized spacial score (nSPS) is 25.2. The fourth-order valence-corrected chi connectivity index (χ4v) is 4.00. The van der Waals surface area contributed by atoms with Gasteiger partial charge in [-0.25, -0.2) is 0 Å². The fourth-order valence-electron chi connectivity index (χ4n) is 4.00. The van der Waals surface area contributed by atoms with Crippen LogP contribution in [0.5, 0.6) is 0 Å². The number of fused-ring (bicyclic) bond motifs is 2. The van der Waals surface area contributed by atoms with Crippen LogP contribution in [0.2, 0.25) is 0 Å². The quantitative estimate of drug-likeness (QED) is 0.799. The van der Waals surface area contributed by atoms with E-state index in [0.717, 1.165) is 18.5 Å². The summed E-state index contributed by atoms with van der Waals surface area (Å²) < 4.78 is 0. The third-order valence-corrected chi connectivity index (χ3v) is 5.06. The molecule has 0 aromatic heterocycles. The zero-order valence-electron chi connectivity index (χ0n) is 11.8. The molecule has 1 heterocycles. The molecule has 0 N–H and O–H groups in total. The largest absolute Gasteiger partial charge is 0.296 e. The molecule has 2 aliphatic rings. The van der Waals surface area contributed by atoms with Crippen LogP contribution in [0.1, 0.15) is 23.1 Å². The van der Waals surface area contributed by atoms with E-state index in [1.54, 1.807) is 11.1 Å². The first-order valence-electron chi connectivity index (χ1n) is 7.75. The van der Waals surface area contributed by atoms with Crippen molar-refractivity contribution < 1.29 is 0 Å². The van der Waals surface area contributed by atoms with Gasteiger partial charge in [-0.15, -0.1) is 0 Å². The number of nitrogens with zero attached hydrogens (tertiary/aromatic N) is 1. The minimum absolute atomic E-state index is 0.755. The van der Waals surface area contributed by atoms with Crippen LogP contribution in [0.15, 0.2) is 54.6 Å². The maximum Gasteiger partial charge on any atom is 0.0236 e. The molecule has 0 bridgehead atoms. The van der Waals surface area contributed by atoms with Crippen LogP contribution in [0.3, 0.4) is 0 Å². The summed E-state index contributed by atoms with van der Waals surface area (Å²) in [6.07, 6.45) is 3.89. The smallest absolute Gasteiger partial charge is 0.0236 e. The maximum atomic E-state index is 2.70. The van der Waals surface area contributed by atoms with Gasteiger partial charge in [0.05, 0.1) is 0 Å². The molecule has 4 rings (SSSR count). The highest BCUT2D eigenvalue weighted by Gasteiger charge is 2.37. The molecule has 0 amide bonds. The summed E-state index contributed by atoms with van der Waals surface area (Å²) in [5.74, 6) is 0.869. The van der Waals surface area contributed by atoms with E-state index in [1.165, 1.54) is 31.4 Å². The Labute approximate surface area is 121 Å². The van der Waals surface area contributed by atoms with Gasteiger partial charge in [-0.2, -0.15) is 0 Å². The van der Waals surface area contributed by atoms with Gasteiger partial charge in [0.1, 0.15) is 0 Å². The highest BCUT2D eigenvalue weighted by Crippen LogP contribution is 2.36. The number of hydrogen-bond donors (Lipinski definition) is 0. The van der Waals surface area contributed by atoms with E-state index in [2.05, 4.69) is 59.5 Å². The number of likely N-dealkylation sites (tertiary alicyclic amines) is 1. The molecular weight excluding hydrogens is 242 g/mol. The molecule has 1 fully saturated rings. The second-order valence-corrected chi connectivity index (χ2v) is 6.25. The molecule has 2 aromatic rings. The minimum Gasteiger partial charge on any atom is -0.296 e. The van der Waals surface area contributed by atoms with Crippen LogP contribution >= 0.6 is 0 Å². The highest BCUT2D eigenvalue weighted by molar-refractivity contribution is 5.32. The van der Waals surface area contributed by atoms with Crippen molar-refractivity contribution in [3.8, 4) is 0 Å². The Morgan fingerprint density at radius 1 is 0.850 bits per heavy atom. The Morgan fingerprint density at radius 3 is 2.35 bits per heavy atom. The van der Waals surface area contributed by atoms with Crippen LogP contribution in [-0.2, 0) is 19.4 Å². The molecule has 102 valence electrons. The van der Waals surface area contributed by atoms with Crippen LogP contribution < -0.4 is 0 Å². The van der Waals surface area contributed by atoms with E-state index < -0.39 is 0 Å². The molecule has 1 aliphatic carbocycles. The van der Waals surface area contributed by atoms with Crippen molar-refractivity contribution in [2.24, 2.45) is 5.92 Å². The molecule has 1 saturated heterocycles. The molecule has 2 atom stereocenters. The number of hydrogen-bond acceptors (Lipinski definition) is 1. The number of benzene rings is 2. The van der Waals surface area contributed by atoms with E-state index in [-0.39, 0.29) is 0 Å². The van der Waals surface area contributed by atoms with Gasteiger partial charge in [-0.05, 0) is 48.4 Å². The van der Waals surface area contributed by atoms with Crippen molar-refractivity contribution in [3.05, 3.63) is 71.3 Å². The standard InChI is InChI=1S/C19H21N/c1-2-6-15(7-3-1)14-20-11-10-18-12-16-8-4-5-9-17(16)13-19(18)20/h1-9,18-19H,10-14H2/t18-,19+/m0/s1. The lowest BCUT2D eigenvalue weighted by atomic mass is 9.80. The summed E-state index contributed by atoms with van der Waals surface area (Å²) in [4.78, 5) is 2.70. The summed E-state index contributed by atoms with van der Waals surface area (Å²) in [6.45, 7) is 2.38. The van der Waals surface area contributed by atoms with Crippen molar-refractivity contribution in [3.63, 3.8) is 0 Å². The molecule has 20 heavy (non-hydrogen) atoms. The average molecular weight is 263 g/mol. The van der Waals surface area contributed by atoms with Gasteiger partial charge in [0, 0.05) is 12.6 Å². The van der Waals surface area contributed by atoms with Crippen molar-refractivity contribution in [1.82, 2.24) is 4.90 Å². The lowest BCUT2D eigenvalue weighted by Crippen LogP contribution is -2.37. The van der Waals surface area contributed by atoms with Gasteiger partial charge in [0.15, 0.2) is 0 Å². The minimum atomic E-state index is 0.755. The van der Waals surface area contributed by atoms with E-state index in [0.29, 0.717) is 0 Å². The molecule has 2 aromatic carbocycles. The first-order chi connectivity index (χ1) is 9.90. The summed E-state index contributed by atoms with van der Waals surface area (Å²) >= 11 is 0. The van der Waals surface area contributed by atoms with Gasteiger partial charge < -0.3 is 0 Å². The molecule has 0 unspecified atom stereocenters. The van der Waals surface area contributed by atoms with Crippen molar-refractivity contribution in [2.75, 3.05) is 6.54 Å². The van der Waals surface area contributed by atoms with E-state index in [1.807, 2.05) is 0 Å². The van der Waals surface area contributed by atoms with E-state index >= 15 is 0 Å². The van der Waals surface area contributed by atoms with Crippen LogP contribution in [-0.4, -0.2) is 17.5 Å². The van der Waals surface area contributed by atoms with Crippen LogP contribution in [0, 0.1) is 5.92 Å². The molecule has 0 radical (unpaired) electrons. The zero-order chi connectivity index (χ0) is 13.4. The van der Waals surface area contributed by atoms with E-state index in [9.17, 15) is 0 Å². The Bertz CT molecular complexity index is 590. The Balaban J connectivity index is 1.55. The van der Waals surface area contributed by atoms with Crippen LogP contribution in [0.4, 0.5) is 0 Å². The Hall–Kier alpha value is -1.60. The number of rotatable bonds is 2. The summed E-state index contributed by atoms with van der Waals surface area (Å²) in [7, 11) is 0. The van der Waals surface area contributed by atoms with Gasteiger partial charge >= 0.3 is 0 Å². The summed E-state index contributed by atoms with van der Waals surface area (Å²) in [5, 5.41) is 0. The predicted octanol–water partition coefficient (Wildman–Crippen LogP) is 3.68. The second-order valence-electron chi connectivity index (χ2n) is 6.25. The third-order valence-electron chi connectivity index (χ3n) is 5.06. The highest BCUT2D eigenvalue weighted by atomic mass is 15.2. The van der Waals surface area contributed by atoms with E-state index in [4.69, 9.17) is 0 Å². The van der Waals surface area contributed by atoms with Gasteiger partial charge in [-0.3, -0.25) is 4.90 Å². The fraction of sp³-hybridized carbons (Fsp3) is 0.368. The van der Waals surface area contributed by atoms with Gasteiger partial charge in [-0.1, -0.05) is 54.6 Å². The van der Waals surface area contributed by atoms with Gasteiger partial charge in [0.25, 0.3) is 0 Å².